The van der Waals surface area contributed by atoms with E-state index in [1.165, 1.54) is 0 Å². The van der Waals surface area contributed by atoms with E-state index >= 15 is 0 Å². The van der Waals surface area contributed by atoms with Gasteiger partial charge in [-0.3, -0.25) is 14.4 Å². The number of benzene rings is 1. The van der Waals surface area contributed by atoms with Gasteiger partial charge in [0.15, 0.2) is 5.69 Å². The summed E-state index contributed by atoms with van der Waals surface area (Å²) in [5.41, 5.74) is 1.27. The van der Waals surface area contributed by atoms with Crippen molar-refractivity contribution in [2.24, 2.45) is 5.92 Å². The van der Waals surface area contributed by atoms with Crippen LogP contribution in [0.3, 0.4) is 0 Å². The first-order valence-corrected chi connectivity index (χ1v) is 16.1. The number of hydrogen-bond acceptors (Lipinski definition) is 6. The van der Waals surface area contributed by atoms with Crippen LogP contribution in [0.5, 0.6) is 0 Å². The van der Waals surface area contributed by atoms with Gasteiger partial charge in [-0.15, -0.1) is 0 Å². The number of piperidine rings is 1. The lowest BCUT2D eigenvalue weighted by Gasteiger charge is -2.47. The van der Waals surface area contributed by atoms with Gasteiger partial charge >= 0.3 is 12.1 Å². The van der Waals surface area contributed by atoms with Gasteiger partial charge in [-0.25, -0.2) is 4.79 Å². The van der Waals surface area contributed by atoms with E-state index < -0.39 is 34.4 Å². The van der Waals surface area contributed by atoms with Crippen LogP contribution in [0.25, 0.3) is 5.57 Å². The maximum atomic E-state index is 14.3. The summed E-state index contributed by atoms with van der Waals surface area (Å²) in [6, 6.07) is 9.27. The monoisotopic (exact) mass is 647 g/mol. The summed E-state index contributed by atoms with van der Waals surface area (Å²) in [7, 11) is 0. The molecule has 1 aromatic heterocycles. The number of allylic oxidation sites excluding steroid dienone is 2. The highest BCUT2D eigenvalue weighted by molar-refractivity contribution is 6.25. The van der Waals surface area contributed by atoms with E-state index in [1.54, 1.807) is 6.92 Å². The Bertz CT molecular complexity index is 1430. The molecule has 12 heteroatoms. The van der Waals surface area contributed by atoms with E-state index in [2.05, 4.69) is 14.9 Å². The Labute approximate surface area is 267 Å². The Morgan fingerprint density at radius 1 is 1.11 bits per heavy atom. The molecule has 0 bridgehead atoms. The molecule has 8 nitrogen and oxygen atoms in total. The molecule has 1 amide bonds. The molecular weight excluding hydrogens is 607 g/mol. The average Bonchev–Trinajstić information content (AvgIpc) is 3.48. The Hall–Kier alpha value is -3.31. The third-order valence-electron chi connectivity index (χ3n) is 8.74. The van der Waals surface area contributed by atoms with Crippen LogP contribution >= 0.6 is 11.6 Å². The van der Waals surface area contributed by atoms with Gasteiger partial charge in [0.05, 0.1) is 18.8 Å². The molecule has 3 heterocycles. The van der Waals surface area contributed by atoms with Crippen LogP contribution in [0.15, 0.2) is 54.4 Å². The number of likely N-dealkylation sites (tertiary alicyclic amines) is 1. The number of rotatable bonds is 8. The van der Waals surface area contributed by atoms with Gasteiger partial charge < -0.3 is 14.5 Å². The van der Waals surface area contributed by atoms with Crippen LogP contribution in [0.4, 0.5) is 13.2 Å². The van der Waals surface area contributed by atoms with Crippen LogP contribution in [0.2, 0.25) is 0 Å². The van der Waals surface area contributed by atoms with Crippen molar-refractivity contribution in [2.45, 2.75) is 63.7 Å². The predicted octanol–water partition coefficient (Wildman–Crippen LogP) is 6.21. The number of halogens is 4. The van der Waals surface area contributed by atoms with E-state index in [1.807, 2.05) is 61.2 Å². The molecule has 0 spiro atoms. The Kier molecular flexibility index (Phi) is 9.98. The highest BCUT2D eigenvalue weighted by Gasteiger charge is 2.44. The first kappa shape index (κ1) is 33.1. The lowest BCUT2D eigenvalue weighted by Crippen LogP contribution is -2.56. The predicted molar refractivity (Wildman–Crippen MR) is 166 cm³/mol. The quantitative estimate of drug-likeness (QED) is 0.193. The van der Waals surface area contributed by atoms with E-state index in [-0.39, 0.29) is 19.1 Å². The summed E-state index contributed by atoms with van der Waals surface area (Å²) >= 11 is 7.40. The topological polar surface area (TPSA) is 70.9 Å². The number of nitrogens with zero attached hydrogens (tertiary/aromatic N) is 5. The maximum Gasteiger partial charge on any atom is 0.433 e. The average molecular weight is 648 g/mol. The van der Waals surface area contributed by atoms with Gasteiger partial charge in [-0.2, -0.15) is 18.3 Å². The molecule has 2 aromatic rings. The summed E-state index contributed by atoms with van der Waals surface area (Å²) < 4.78 is 48.9. The van der Waals surface area contributed by atoms with Gasteiger partial charge in [0.25, 0.3) is 0 Å². The van der Waals surface area contributed by atoms with Crippen LogP contribution in [0.1, 0.15) is 74.1 Å². The molecule has 3 aliphatic rings. The van der Waals surface area contributed by atoms with E-state index in [9.17, 15) is 22.8 Å². The molecule has 2 atom stereocenters. The molecule has 2 saturated heterocycles. The summed E-state index contributed by atoms with van der Waals surface area (Å²) in [4.78, 5) is 30.4. The second kappa shape index (κ2) is 13.6. The highest BCUT2D eigenvalue weighted by atomic mass is 35.5. The fraction of sp³-hybridized carbons (Fsp3) is 0.545. The molecule has 2 fully saturated rings. The van der Waals surface area contributed by atoms with Crippen LogP contribution in [0, 0.1) is 5.92 Å². The van der Waals surface area contributed by atoms with Gasteiger partial charge in [0.1, 0.15) is 10.6 Å². The zero-order valence-electron chi connectivity index (χ0n) is 26.0. The van der Waals surface area contributed by atoms with Crippen molar-refractivity contribution in [3.8, 4) is 0 Å². The molecule has 2 aliphatic heterocycles. The van der Waals surface area contributed by atoms with Gasteiger partial charge in [-0.05, 0) is 37.3 Å². The number of hydrogen-bond donors (Lipinski definition) is 0. The Morgan fingerprint density at radius 3 is 2.47 bits per heavy atom. The normalized spacial score (nSPS) is 23.2. The van der Waals surface area contributed by atoms with E-state index in [0.29, 0.717) is 64.3 Å². The number of aromatic nitrogens is 2. The number of amides is 1. The largest absolute Gasteiger partial charge is 0.462 e. The molecule has 1 aliphatic carbocycles. The van der Waals surface area contributed by atoms with E-state index in [0.717, 1.165) is 27.7 Å². The Morgan fingerprint density at radius 2 is 1.82 bits per heavy atom. The minimum Gasteiger partial charge on any atom is -0.462 e. The number of carbonyl (C=O) groups is 2. The van der Waals surface area contributed by atoms with Crippen molar-refractivity contribution in [1.82, 2.24) is 24.5 Å². The van der Waals surface area contributed by atoms with Crippen LogP contribution < -0.4 is 0 Å². The third-order valence-corrected chi connectivity index (χ3v) is 9.24. The molecular formula is C33H41ClF3N5O3. The molecule has 0 radical (unpaired) electrons. The number of piperazine rings is 1. The summed E-state index contributed by atoms with van der Waals surface area (Å²) in [5, 5.41) is 4.08. The highest BCUT2D eigenvalue weighted by Crippen LogP contribution is 2.43. The second-order valence-corrected chi connectivity index (χ2v) is 13.0. The molecule has 45 heavy (non-hydrogen) atoms. The van der Waals surface area contributed by atoms with Crippen LogP contribution in [-0.4, -0.2) is 87.2 Å². The lowest BCUT2D eigenvalue weighted by molar-refractivity contribution is -0.146. The van der Waals surface area contributed by atoms with Gasteiger partial charge in [0, 0.05) is 63.4 Å². The van der Waals surface area contributed by atoms with Crippen molar-refractivity contribution in [2.75, 3.05) is 45.9 Å². The minimum absolute atomic E-state index is 0.0358. The molecule has 1 aromatic carbocycles. The number of carbonyl (C=O) groups excluding carboxylic acids is 2. The van der Waals surface area contributed by atoms with Crippen molar-refractivity contribution in [1.29, 1.82) is 0 Å². The number of ether oxygens (including phenoxy) is 1. The molecule has 2 unspecified atom stereocenters. The Balaban J connectivity index is 1.42. The standard InChI is InChI=1S/C33H41ClF3N5O3/c1-4-45-31(44)27-21-38-42(30(27)33(35,36)37)25-11-8-14-40(22-25)28-20-32(34,13-12-26(28)24-9-6-5-7-10-24)41-17-15-39(16-18-41)29(43)19-23(2)3/h5-7,9-10,12-13,21,23,25H,4,8,11,14-20,22H2,1-3H3. The first-order chi connectivity index (χ1) is 21.4. The number of esters is 1. The SMILES string of the molecule is CCOC(=O)c1cnn(C2CCCN(C3=C(c4ccccc4)C=CC(Cl)(N4CCN(C(=O)CC(C)C)CC4)C3)C2)c1C(F)(F)F. The molecule has 0 saturated carbocycles. The molecule has 0 N–H and O–H groups in total. The first-order valence-electron chi connectivity index (χ1n) is 15.7. The summed E-state index contributed by atoms with van der Waals surface area (Å²) in [6.45, 7) is 8.92. The van der Waals surface area contributed by atoms with Crippen molar-refractivity contribution in [3.05, 3.63) is 71.2 Å². The molecule has 5 rings (SSSR count). The molecule has 244 valence electrons. The third kappa shape index (κ3) is 7.25. The zero-order chi connectivity index (χ0) is 32.4. The second-order valence-electron chi connectivity index (χ2n) is 12.3. The summed E-state index contributed by atoms with van der Waals surface area (Å²) in [5.74, 6) is -0.589. The van der Waals surface area contributed by atoms with Crippen molar-refractivity contribution >= 4 is 29.1 Å². The fourth-order valence-electron chi connectivity index (χ4n) is 6.56. The fourth-order valence-corrected chi connectivity index (χ4v) is 6.92. The zero-order valence-corrected chi connectivity index (χ0v) is 26.8. The van der Waals surface area contributed by atoms with Crippen LogP contribution in [-0.2, 0) is 15.7 Å². The van der Waals surface area contributed by atoms with Gasteiger partial charge in [0.2, 0.25) is 5.91 Å². The maximum absolute atomic E-state index is 14.3. The van der Waals surface area contributed by atoms with E-state index in [4.69, 9.17) is 16.3 Å². The lowest BCUT2D eigenvalue weighted by atomic mass is 9.90. The van der Waals surface area contributed by atoms with Crippen molar-refractivity contribution in [3.63, 3.8) is 0 Å². The van der Waals surface area contributed by atoms with Gasteiger partial charge in [-0.1, -0.05) is 61.9 Å². The smallest absolute Gasteiger partial charge is 0.433 e. The number of alkyl halides is 4. The minimum atomic E-state index is -4.78. The van der Waals surface area contributed by atoms with Crippen molar-refractivity contribution < 1.29 is 27.5 Å². The summed E-state index contributed by atoms with van der Waals surface area (Å²) in [6.07, 6.45) is 2.29.